The third-order valence-electron chi connectivity index (χ3n) is 6.96. The number of piperidine rings is 1. The molecule has 10 heteroatoms. The summed E-state index contributed by atoms with van der Waals surface area (Å²) in [5.41, 5.74) is 2.27. The second-order valence-electron chi connectivity index (χ2n) is 9.66. The monoisotopic (exact) mass is 524 g/mol. The Balaban J connectivity index is 1.37. The number of allylic oxidation sites excluding steroid dienone is 3. The van der Waals surface area contributed by atoms with Crippen molar-refractivity contribution >= 4 is 46.8 Å². The van der Waals surface area contributed by atoms with Crippen molar-refractivity contribution < 1.29 is 24.0 Å². The van der Waals surface area contributed by atoms with Crippen LogP contribution in [0.1, 0.15) is 38.2 Å². The molecule has 1 saturated heterocycles. The molecule has 3 aliphatic rings. The number of hydrogen-bond donors (Lipinski definition) is 2. The van der Waals surface area contributed by atoms with Crippen molar-refractivity contribution in [2.45, 2.75) is 45.6 Å². The Bertz CT molecular complexity index is 1270. The molecule has 5 amide bonds. The standard InChI is InChI=1S/C27H29ClN4O5/c1-15-7-8-19(13-20(15)28)30-23(33)11-16(2)17-5-4-6-18(12-17)29-21-14-25(35)32(26(21)36)22-9-10-24(34)31(3)27(22)37/h4,6-8,12-14,16-17,22,29H,5,9-11H2,1-3H3,(H,30,33). The van der Waals surface area contributed by atoms with E-state index in [-0.39, 0.29) is 48.6 Å². The Morgan fingerprint density at radius 2 is 1.97 bits per heavy atom. The average Bonchev–Trinajstić information content (AvgIpc) is 3.12. The molecule has 0 aromatic heterocycles. The van der Waals surface area contributed by atoms with Gasteiger partial charge in [-0.15, -0.1) is 0 Å². The first-order valence-electron chi connectivity index (χ1n) is 12.2. The highest BCUT2D eigenvalue weighted by Crippen LogP contribution is 2.28. The molecular formula is C27H29ClN4O5. The van der Waals surface area contributed by atoms with E-state index in [4.69, 9.17) is 11.6 Å². The number of nitrogens with zero attached hydrogens (tertiary/aromatic N) is 2. The molecule has 1 aromatic rings. The van der Waals surface area contributed by atoms with Gasteiger partial charge in [-0.25, -0.2) is 0 Å². The van der Waals surface area contributed by atoms with Crippen LogP contribution >= 0.6 is 11.6 Å². The zero-order valence-electron chi connectivity index (χ0n) is 20.9. The van der Waals surface area contributed by atoms with Gasteiger partial charge >= 0.3 is 0 Å². The fourth-order valence-corrected chi connectivity index (χ4v) is 4.86. The number of anilines is 1. The number of halogens is 1. The Morgan fingerprint density at radius 3 is 2.70 bits per heavy atom. The second kappa shape index (κ2) is 10.7. The van der Waals surface area contributed by atoms with Crippen LogP contribution in [-0.2, 0) is 24.0 Å². The molecule has 2 aliphatic heterocycles. The lowest BCUT2D eigenvalue weighted by molar-refractivity contribution is -0.157. The van der Waals surface area contributed by atoms with Crippen LogP contribution in [0, 0.1) is 18.8 Å². The number of benzene rings is 1. The van der Waals surface area contributed by atoms with Crippen LogP contribution in [0.25, 0.3) is 0 Å². The molecule has 0 bridgehead atoms. The number of rotatable bonds is 7. The lowest BCUT2D eigenvalue weighted by atomic mass is 9.85. The summed E-state index contributed by atoms with van der Waals surface area (Å²) in [6, 6.07) is 4.38. The van der Waals surface area contributed by atoms with E-state index in [0.29, 0.717) is 16.4 Å². The molecule has 0 spiro atoms. The molecule has 4 rings (SSSR count). The molecule has 1 aromatic carbocycles. The molecule has 2 heterocycles. The van der Waals surface area contributed by atoms with Crippen molar-refractivity contribution in [1.82, 2.24) is 15.1 Å². The Kier molecular flexibility index (Phi) is 7.63. The normalized spacial score (nSPS) is 22.7. The number of carbonyl (C=O) groups excluding carboxylic acids is 5. The van der Waals surface area contributed by atoms with Crippen molar-refractivity contribution in [3.63, 3.8) is 0 Å². The maximum Gasteiger partial charge on any atom is 0.278 e. The first kappa shape index (κ1) is 26.3. The summed E-state index contributed by atoms with van der Waals surface area (Å²) < 4.78 is 0. The molecular weight excluding hydrogens is 496 g/mol. The lowest BCUT2D eigenvalue weighted by Gasteiger charge is -2.32. The zero-order chi connectivity index (χ0) is 26.9. The third-order valence-corrected chi connectivity index (χ3v) is 7.37. The van der Waals surface area contributed by atoms with Gasteiger partial charge in [0.25, 0.3) is 17.7 Å². The van der Waals surface area contributed by atoms with Gasteiger partial charge in [0.15, 0.2) is 0 Å². The number of carbonyl (C=O) groups is 5. The Labute approximate surface area is 220 Å². The van der Waals surface area contributed by atoms with E-state index in [0.717, 1.165) is 21.8 Å². The van der Waals surface area contributed by atoms with E-state index in [1.165, 1.54) is 13.1 Å². The molecule has 0 saturated carbocycles. The second-order valence-corrected chi connectivity index (χ2v) is 10.1. The van der Waals surface area contributed by atoms with Gasteiger partial charge in [-0.2, -0.15) is 0 Å². The molecule has 1 fully saturated rings. The molecule has 2 N–H and O–H groups in total. The minimum absolute atomic E-state index is 0.00185. The maximum atomic E-state index is 13.0. The number of nitrogens with one attached hydrogen (secondary N) is 2. The summed E-state index contributed by atoms with van der Waals surface area (Å²) in [6.07, 6.45) is 8.10. The van der Waals surface area contributed by atoms with Crippen molar-refractivity contribution in [2.75, 3.05) is 12.4 Å². The van der Waals surface area contributed by atoms with Gasteiger partial charge in [-0.1, -0.05) is 36.7 Å². The minimum atomic E-state index is -0.996. The van der Waals surface area contributed by atoms with Gasteiger partial charge in [0.2, 0.25) is 11.8 Å². The largest absolute Gasteiger partial charge is 0.351 e. The van der Waals surface area contributed by atoms with Crippen LogP contribution in [0.4, 0.5) is 5.69 Å². The molecule has 37 heavy (non-hydrogen) atoms. The molecule has 0 radical (unpaired) electrons. The highest BCUT2D eigenvalue weighted by molar-refractivity contribution is 6.31. The van der Waals surface area contributed by atoms with E-state index < -0.39 is 23.8 Å². The summed E-state index contributed by atoms with van der Waals surface area (Å²) in [5, 5.41) is 6.47. The summed E-state index contributed by atoms with van der Waals surface area (Å²) in [5.74, 6) is -2.19. The fraction of sp³-hybridized carbons (Fsp3) is 0.370. The van der Waals surface area contributed by atoms with Crippen molar-refractivity contribution in [1.29, 1.82) is 0 Å². The fourth-order valence-electron chi connectivity index (χ4n) is 4.67. The van der Waals surface area contributed by atoms with Crippen molar-refractivity contribution in [3.05, 3.63) is 64.5 Å². The molecule has 1 aliphatic carbocycles. The number of aryl methyl sites for hydroxylation is 1. The summed E-state index contributed by atoms with van der Waals surface area (Å²) in [4.78, 5) is 64.4. The van der Waals surface area contributed by atoms with E-state index in [1.54, 1.807) is 6.07 Å². The first-order chi connectivity index (χ1) is 17.5. The lowest BCUT2D eigenvalue weighted by Crippen LogP contribution is -2.55. The van der Waals surface area contributed by atoms with Crippen LogP contribution in [0.3, 0.4) is 0 Å². The smallest absolute Gasteiger partial charge is 0.278 e. The maximum absolute atomic E-state index is 13.0. The summed E-state index contributed by atoms with van der Waals surface area (Å²) >= 11 is 6.14. The van der Waals surface area contributed by atoms with Gasteiger partial charge in [0, 0.05) is 42.4 Å². The van der Waals surface area contributed by atoms with Crippen LogP contribution in [-0.4, -0.2) is 52.4 Å². The number of hydrogen-bond acceptors (Lipinski definition) is 6. The van der Waals surface area contributed by atoms with E-state index >= 15 is 0 Å². The summed E-state index contributed by atoms with van der Waals surface area (Å²) in [6.45, 7) is 3.88. The van der Waals surface area contributed by atoms with Gasteiger partial charge in [-0.05, 0) is 55.4 Å². The van der Waals surface area contributed by atoms with Crippen LogP contribution in [0.2, 0.25) is 5.02 Å². The average molecular weight is 525 g/mol. The Hall–Kier alpha value is -3.72. The van der Waals surface area contributed by atoms with E-state index in [1.807, 2.05) is 44.2 Å². The molecule has 194 valence electrons. The minimum Gasteiger partial charge on any atom is -0.351 e. The summed E-state index contributed by atoms with van der Waals surface area (Å²) in [7, 11) is 1.35. The van der Waals surface area contributed by atoms with Crippen molar-refractivity contribution in [2.24, 2.45) is 11.8 Å². The SMILES string of the molecule is Cc1ccc(NC(=O)CC(C)C2C=C(NC3=CC(=O)N(C4CCC(=O)N(C)C4=O)C3=O)C=CC2)cc1Cl. The quantitative estimate of drug-likeness (QED) is 0.530. The predicted octanol–water partition coefficient (Wildman–Crippen LogP) is 3.06. The third kappa shape index (κ3) is 5.67. The topological polar surface area (TPSA) is 116 Å². The van der Waals surface area contributed by atoms with Gasteiger partial charge in [0.1, 0.15) is 11.7 Å². The van der Waals surface area contributed by atoms with E-state index in [9.17, 15) is 24.0 Å². The molecule has 3 unspecified atom stereocenters. The molecule has 3 atom stereocenters. The van der Waals surface area contributed by atoms with Crippen LogP contribution in [0.5, 0.6) is 0 Å². The first-order valence-corrected chi connectivity index (χ1v) is 12.5. The number of imide groups is 2. The van der Waals surface area contributed by atoms with E-state index in [2.05, 4.69) is 10.6 Å². The van der Waals surface area contributed by atoms with Gasteiger partial charge < -0.3 is 10.6 Å². The predicted molar refractivity (Wildman–Crippen MR) is 138 cm³/mol. The van der Waals surface area contributed by atoms with Crippen molar-refractivity contribution in [3.8, 4) is 0 Å². The Morgan fingerprint density at radius 1 is 1.22 bits per heavy atom. The van der Waals surface area contributed by atoms with Crippen LogP contribution in [0.15, 0.2) is 53.9 Å². The van der Waals surface area contributed by atoms with Crippen LogP contribution < -0.4 is 10.6 Å². The van der Waals surface area contributed by atoms with Gasteiger partial charge in [-0.3, -0.25) is 33.8 Å². The van der Waals surface area contributed by atoms with Gasteiger partial charge in [0.05, 0.1) is 0 Å². The highest BCUT2D eigenvalue weighted by Gasteiger charge is 2.44. The number of amides is 5. The zero-order valence-corrected chi connectivity index (χ0v) is 21.7. The molecule has 9 nitrogen and oxygen atoms in total. The number of likely N-dealkylation sites (tertiary alicyclic amines) is 1. The number of likely N-dealkylation sites (N-methyl/N-ethyl adjacent to an activating group) is 1. The highest BCUT2D eigenvalue weighted by atomic mass is 35.5.